The third-order valence-electron chi connectivity index (χ3n) is 5.91. The molecule has 2 N–H and O–H groups in total. The van der Waals surface area contributed by atoms with Crippen molar-refractivity contribution >= 4 is 45.7 Å². The lowest BCUT2D eigenvalue weighted by molar-refractivity contribution is -0.115. The minimum absolute atomic E-state index is 0.0968. The molecule has 5 rings (SSSR count). The Kier molecular flexibility index (Phi) is 7.71. The zero-order valence-electron chi connectivity index (χ0n) is 20.8. The fraction of sp³-hybridized carbons (Fsp3) is 0.0625. The van der Waals surface area contributed by atoms with Crippen LogP contribution in [0.1, 0.15) is 17.3 Å². The van der Waals surface area contributed by atoms with E-state index in [4.69, 9.17) is 4.74 Å². The van der Waals surface area contributed by atoms with Gasteiger partial charge in [0.15, 0.2) is 0 Å². The summed E-state index contributed by atoms with van der Waals surface area (Å²) in [6.45, 7) is 1.86. The number of thioether (sulfide) groups is 1. The van der Waals surface area contributed by atoms with Crippen LogP contribution in [0.2, 0.25) is 0 Å². The van der Waals surface area contributed by atoms with Crippen molar-refractivity contribution in [3.63, 3.8) is 0 Å². The van der Waals surface area contributed by atoms with E-state index in [-0.39, 0.29) is 17.1 Å². The monoisotopic (exact) mass is 518 g/mol. The zero-order valence-corrected chi connectivity index (χ0v) is 21.6. The smallest absolute Gasteiger partial charge is 0.255 e. The minimum Gasteiger partial charge on any atom is -0.457 e. The Morgan fingerprint density at radius 1 is 0.658 bits per heavy atom. The molecule has 5 aromatic carbocycles. The van der Waals surface area contributed by atoms with Crippen LogP contribution in [-0.4, -0.2) is 17.1 Å². The van der Waals surface area contributed by atoms with Gasteiger partial charge in [0.2, 0.25) is 5.91 Å². The van der Waals surface area contributed by atoms with Gasteiger partial charge in [-0.1, -0.05) is 48.5 Å². The molecule has 0 saturated heterocycles. The number of ether oxygens (including phenoxy) is 1. The van der Waals surface area contributed by atoms with Crippen molar-refractivity contribution in [2.75, 3.05) is 10.6 Å². The van der Waals surface area contributed by atoms with Gasteiger partial charge in [-0.05, 0) is 90.5 Å². The van der Waals surface area contributed by atoms with Gasteiger partial charge in [0, 0.05) is 21.8 Å². The van der Waals surface area contributed by atoms with E-state index in [0.29, 0.717) is 22.7 Å². The van der Waals surface area contributed by atoms with Crippen molar-refractivity contribution in [2.24, 2.45) is 0 Å². The zero-order chi connectivity index (χ0) is 26.3. The van der Waals surface area contributed by atoms with E-state index in [2.05, 4.69) is 10.6 Å². The van der Waals surface area contributed by atoms with Gasteiger partial charge in [-0.3, -0.25) is 9.59 Å². The van der Waals surface area contributed by atoms with E-state index in [0.717, 1.165) is 21.4 Å². The molecule has 5 nitrogen and oxygen atoms in total. The Hall–Kier alpha value is -4.55. The number of nitrogens with one attached hydrogen (secondary N) is 2. The van der Waals surface area contributed by atoms with E-state index >= 15 is 0 Å². The molecule has 0 aliphatic heterocycles. The van der Waals surface area contributed by atoms with Crippen molar-refractivity contribution < 1.29 is 14.3 Å². The number of fused-ring (bicyclic) bond motifs is 1. The predicted octanol–water partition coefficient (Wildman–Crippen LogP) is 8.00. The number of para-hydroxylation sites is 1. The third-order valence-corrected chi connectivity index (χ3v) is 7.02. The molecule has 2 amide bonds. The minimum atomic E-state index is -0.312. The molecule has 0 fully saturated rings. The average molecular weight is 519 g/mol. The molecule has 0 aromatic heterocycles. The molecule has 6 heteroatoms. The van der Waals surface area contributed by atoms with E-state index in [1.54, 1.807) is 0 Å². The Bertz CT molecular complexity index is 1550. The van der Waals surface area contributed by atoms with Crippen molar-refractivity contribution in [1.82, 2.24) is 0 Å². The van der Waals surface area contributed by atoms with Crippen LogP contribution in [0.25, 0.3) is 10.8 Å². The Morgan fingerprint density at radius 2 is 1.26 bits per heavy atom. The van der Waals surface area contributed by atoms with E-state index < -0.39 is 0 Å². The van der Waals surface area contributed by atoms with Crippen molar-refractivity contribution in [3.05, 3.63) is 127 Å². The second-order valence-electron chi connectivity index (χ2n) is 8.73. The number of hydrogen-bond donors (Lipinski definition) is 2. The number of benzene rings is 5. The van der Waals surface area contributed by atoms with Crippen molar-refractivity contribution in [2.45, 2.75) is 17.1 Å². The van der Waals surface area contributed by atoms with Gasteiger partial charge in [-0.15, -0.1) is 11.8 Å². The molecule has 0 radical (unpaired) electrons. The number of carbonyl (C=O) groups excluding carboxylic acids is 2. The van der Waals surface area contributed by atoms with Gasteiger partial charge in [0.25, 0.3) is 5.91 Å². The molecule has 188 valence electrons. The first kappa shape index (κ1) is 25.1. The van der Waals surface area contributed by atoms with Crippen molar-refractivity contribution in [3.8, 4) is 11.5 Å². The molecule has 0 aliphatic carbocycles. The second-order valence-corrected chi connectivity index (χ2v) is 10.1. The molecule has 0 heterocycles. The summed E-state index contributed by atoms with van der Waals surface area (Å²) in [4.78, 5) is 26.4. The third kappa shape index (κ3) is 6.41. The van der Waals surface area contributed by atoms with Crippen LogP contribution in [0, 0.1) is 0 Å². The highest BCUT2D eigenvalue weighted by Crippen LogP contribution is 2.27. The molecule has 38 heavy (non-hydrogen) atoms. The lowest BCUT2D eigenvalue weighted by Gasteiger charge is -2.13. The molecule has 5 aromatic rings. The maximum atomic E-state index is 12.7. The lowest BCUT2D eigenvalue weighted by atomic mass is 10.1. The summed E-state index contributed by atoms with van der Waals surface area (Å²) in [7, 11) is 0. The van der Waals surface area contributed by atoms with E-state index in [9.17, 15) is 9.59 Å². The Morgan fingerprint density at radius 3 is 2.00 bits per heavy atom. The largest absolute Gasteiger partial charge is 0.457 e. The Balaban J connectivity index is 1.13. The molecule has 0 aliphatic rings. The molecule has 0 saturated carbocycles. The number of rotatable bonds is 8. The van der Waals surface area contributed by atoms with Crippen LogP contribution in [0.3, 0.4) is 0 Å². The highest BCUT2D eigenvalue weighted by Gasteiger charge is 2.15. The highest BCUT2D eigenvalue weighted by atomic mass is 32.2. The second kappa shape index (κ2) is 11.7. The maximum absolute atomic E-state index is 12.7. The first-order valence-corrected chi connectivity index (χ1v) is 13.1. The molecule has 0 bridgehead atoms. The van der Waals surface area contributed by atoms with E-state index in [1.807, 2.05) is 128 Å². The standard InChI is InChI=1S/C32H26N2O3S/c1-22(31(35)33-26-13-17-29(18-14-26)37-28-9-3-2-4-10-28)38-30-19-15-27(16-20-30)34-32(36)25-12-11-23-7-5-6-8-24(23)21-25/h2-22H,1H3,(H,33,35)(H,34,36). The fourth-order valence-corrected chi connectivity index (χ4v) is 4.75. The first-order chi connectivity index (χ1) is 18.5. The number of hydrogen-bond acceptors (Lipinski definition) is 4. The summed E-state index contributed by atoms with van der Waals surface area (Å²) in [5, 5.41) is 7.70. The van der Waals surface area contributed by atoms with E-state index in [1.165, 1.54) is 11.8 Å². The number of anilines is 2. The van der Waals surface area contributed by atoms with Gasteiger partial charge in [-0.25, -0.2) is 0 Å². The van der Waals surface area contributed by atoms with Gasteiger partial charge < -0.3 is 15.4 Å². The topological polar surface area (TPSA) is 67.4 Å². The normalized spacial score (nSPS) is 11.5. The van der Waals surface area contributed by atoms with Crippen LogP contribution in [-0.2, 0) is 4.79 Å². The molecule has 1 unspecified atom stereocenters. The molecular weight excluding hydrogens is 492 g/mol. The molecule has 0 spiro atoms. The molecule has 1 atom stereocenters. The highest BCUT2D eigenvalue weighted by molar-refractivity contribution is 8.00. The van der Waals surface area contributed by atoms with Gasteiger partial charge in [-0.2, -0.15) is 0 Å². The van der Waals surface area contributed by atoms with Gasteiger partial charge in [0.1, 0.15) is 11.5 Å². The van der Waals surface area contributed by atoms with Crippen LogP contribution >= 0.6 is 11.8 Å². The summed E-state index contributed by atoms with van der Waals surface area (Å²) >= 11 is 1.45. The average Bonchev–Trinajstić information content (AvgIpc) is 2.95. The van der Waals surface area contributed by atoms with Crippen LogP contribution in [0.5, 0.6) is 11.5 Å². The fourth-order valence-electron chi connectivity index (χ4n) is 3.88. The van der Waals surface area contributed by atoms with Crippen LogP contribution < -0.4 is 15.4 Å². The predicted molar refractivity (Wildman–Crippen MR) is 155 cm³/mol. The summed E-state index contributed by atoms with van der Waals surface area (Å²) in [5.74, 6) is 1.20. The number of amides is 2. The van der Waals surface area contributed by atoms with Crippen LogP contribution in [0.15, 0.2) is 126 Å². The van der Waals surface area contributed by atoms with Gasteiger partial charge in [0.05, 0.1) is 5.25 Å². The van der Waals surface area contributed by atoms with Crippen LogP contribution in [0.4, 0.5) is 11.4 Å². The summed E-state index contributed by atoms with van der Waals surface area (Å²) in [5.41, 5.74) is 2.00. The summed E-state index contributed by atoms with van der Waals surface area (Å²) in [6, 6.07) is 37.9. The number of carbonyl (C=O) groups is 2. The Labute approximate surface area is 225 Å². The van der Waals surface area contributed by atoms with Crippen molar-refractivity contribution in [1.29, 1.82) is 0 Å². The SMILES string of the molecule is CC(Sc1ccc(NC(=O)c2ccc3ccccc3c2)cc1)C(=O)Nc1ccc(Oc2ccccc2)cc1. The maximum Gasteiger partial charge on any atom is 0.255 e. The van der Waals surface area contributed by atoms with Gasteiger partial charge >= 0.3 is 0 Å². The lowest BCUT2D eigenvalue weighted by Crippen LogP contribution is -2.22. The first-order valence-electron chi connectivity index (χ1n) is 12.2. The summed E-state index contributed by atoms with van der Waals surface area (Å²) < 4.78 is 5.80. The summed E-state index contributed by atoms with van der Waals surface area (Å²) in [6.07, 6.45) is 0. The quantitative estimate of drug-likeness (QED) is 0.204. The molecular formula is C32H26N2O3S.